The normalized spacial score (nSPS) is 10.4. The van der Waals surface area contributed by atoms with Crippen molar-refractivity contribution in [2.24, 2.45) is 0 Å². The van der Waals surface area contributed by atoms with Gasteiger partial charge in [-0.05, 0) is 18.2 Å². The van der Waals surface area contributed by atoms with E-state index in [-0.39, 0.29) is 10.6 Å². The van der Waals surface area contributed by atoms with Crippen LogP contribution in [0.5, 0.6) is 0 Å². The monoisotopic (exact) mass is 279 g/mol. The molecule has 17 heavy (non-hydrogen) atoms. The quantitative estimate of drug-likeness (QED) is 0.504. The highest BCUT2D eigenvalue weighted by Gasteiger charge is 2.12. The van der Waals surface area contributed by atoms with E-state index in [0.29, 0.717) is 5.69 Å². The number of anilines is 1. The summed E-state index contributed by atoms with van der Waals surface area (Å²) in [5, 5.41) is 1.16. The van der Waals surface area contributed by atoms with Gasteiger partial charge in [0.05, 0.1) is 23.4 Å². The number of hydroxylamine groups is 1. The van der Waals surface area contributed by atoms with Crippen LogP contribution in [-0.2, 0) is 20.0 Å². The lowest BCUT2D eigenvalue weighted by Gasteiger charge is -2.15. The first-order valence-corrected chi connectivity index (χ1v) is 5.87. The van der Waals surface area contributed by atoms with Gasteiger partial charge in [0, 0.05) is 7.05 Å². The van der Waals surface area contributed by atoms with Crippen molar-refractivity contribution in [3.63, 3.8) is 0 Å². The molecule has 0 aromatic heterocycles. The number of esters is 1. The topological polar surface area (TPSA) is 72.9 Å². The summed E-state index contributed by atoms with van der Waals surface area (Å²) in [4.78, 5) is 11.2. The molecule has 0 aliphatic carbocycles. The molecule has 0 atom stereocenters. The van der Waals surface area contributed by atoms with Crippen molar-refractivity contribution in [2.45, 2.75) is 0 Å². The van der Waals surface area contributed by atoms with E-state index in [1.807, 2.05) is 0 Å². The lowest BCUT2D eigenvalue weighted by atomic mass is 10.2. The first-order valence-electron chi connectivity index (χ1n) is 4.39. The van der Waals surface area contributed by atoms with Crippen molar-refractivity contribution in [2.75, 3.05) is 19.2 Å². The molecule has 0 bridgehead atoms. The number of hydrogen-bond donors (Lipinski definition) is 1. The van der Waals surface area contributed by atoms with E-state index in [4.69, 9.17) is 11.6 Å². The van der Waals surface area contributed by atoms with Gasteiger partial charge in [0.25, 0.3) is 11.0 Å². The molecule has 6 nitrogen and oxygen atoms in total. The van der Waals surface area contributed by atoms with Gasteiger partial charge in [0.1, 0.15) is 0 Å². The average molecular weight is 280 g/mol. The van der Waals surface area contributed by atoms with E-state index in [0.717, 1.165) is 5.06 Å². The highest BCUT2D eigenvalue weighted by atomic mass is 35.5. The van der Waals surface area contributed by atoms with Crippen molar-refractivity contribution in [1.29, 1.82) is 0 Å². The fourth-order valence-corrected chi connectivity index (χ4v) is 1.67. The fraction of sp³-hybridized carbons (Fsp3) is 0.222. The molecule has 1 aromatic carbocycles. The van der Waals surface area contributed by atoms with Crippen LogP contribution in [0, 0.1) is 0 Å². The van der Waals surface area contributed by atoms with E-state index in [9.17, 15) is 13.2 Å². The molecule has 1 rings (SSSR count). The van der Waals surface area contributed by atoms with Crippen molar-refractivity contribution >= 4 is 34.2 Å². The molecule has 0 saturated heterocycles. The number of carbonyl (C=O) groups is 1. The standard InChI is InChI=1S/C9H10ClNO5S/c1-11(16-17(13)14)6-3-4-7(8(10)5-6)9(12)15-2/h3-5,17H,1-2H3. The van der Waals surface area contributed by atoms with E-state index >= 15 is 0 Å². The van der Waals surface area contributed by atoms with Gasteiger partial charge in [-0.1, -0.05) is 11.6 Å². The van der Waals surface area contributed by atoms with Crippen LogP contribution >= 0.6 is 11.6 Å². The van der Waals surface area contributed by atoms with E-state index < -0.39 is 17.0 Å². The highest BCUT2D eigenvalue weighted by Crippen LogP contribution is 2.23. The molecule has 8 heteroatoms. The van der Waals surface area contributed by atoms with Gasteiger partial charge in [-0.25, -0.2) is 18.3 Å². The predicted octanol–water partition coefficient (Wildman–Crippen LogP) is 1.02. The van der Waals surface area contributed by atoms with Gasteiger partial charge >= 0.3 is 5.97 Å². The summed E-state index contributed by atoms with van der Waals surface area (Å²) in [5.41, 5.74) is 0.583. The number of hydrogen-bond acceptors (Lipinski definition) is 6. The molecule has 0 N–H and O–H groups in total. The maximum atomic E-state index is 11.2. The zero-order chi connectivity index (χ0) is 13.0. The molecular formula is C9H10ClNO5S. The summed E-state index contributed by atoms with van der Waals surface area (Å²) in [6, 6.07) is 4.30. The first kappa shape index (κ1) is 13.8. The number of rotatable bonds is 4. The van der Waals surface area contributed by atoms with Crippen molar-refractivity contribution < 1.29 is 22.2 Å². The molecule has 0 amide bonds. The van der Waals surface area contributed by atoms with Gasteiger partial charge in [-0.15, -0.1) is 0 Å². The van der Waals surface area contributed by atoms with E-state index in [1.165, 1.54) is 32.4 Å². The predicted molar refractivity (Wildman–Crippen MR) is 62.6 cm³/mol. The largest absolute Gasteiger partial charge is 0.465 e. The Labute approximate surface area is 105 Å². The van der Waals surface area contributed by atoms with Crippen LogP contribution in [-0.4, -0.2) is 28.5 Å². The smallest absolute Gasteiger partial charge is 0.339 e. The van der Waals surface area contributed by atoms with Crippen LogP contribution in [0.15, 0.2) is 18.2 Å². The summed E-state index contributed by atoms with van der Waals surface area (Å²) in [7, 11) is -0.368. The van der Waals surface area contributed by atoms with Crippen LogP contribution in [0.2, 0.25) is 5.02 Å². The van der Waals surface area contributed by atoms with Gasteiger partial charge < -0.3 is 4.74 Å². The summed E-state index contributed by atoms with van der Waals surface area (Å²) >= 11 is 5.85. The van der Waals surface area contributed by atoms with Crippen LogP contribution in [0.25, 0.3) is 0 Å². The third-order valence-corrected chi connectivity index (χ3v) is 2.60. The Morgan fingerprint density at radius 1 is 1.41 bits per heavy atom. The molecule has 0 heterocycles. The molecule has 0 unspecified atom stereocenters. The zero-order valence-electron chi connectivity index (χ0n) is 9.05. The number of halogens is 1. The van der Waals surface area contributed by atoms with Crippen molar-refractivity contribution in [3.8, 4) is 0 Å². The van der Waals surface area contributed by atoms with Crippen LogP contribution in [0.1, 0.15) is 10.4 Å². The number of carbonyl (C=O) groups excluding carboxylic acids is 1. The Balaban J connectivity index is 2.99. The van der Waals surface area contributed by atoms with Crippen LogP contribution in [0.4, 0.5) is 5.69 Å². The summed E-state index contributed by atoms with van der Waals surface area (Å²) < 4.78 is 29.7. The Morgan fingerprint density at radius 2 is 2.06 bits per heavy atom. The van der Waals surface area contributed by atoms with Gasteiger partial charge in [-0.3, -0.25) is 0 Å². The second-order valence-electron chi connectivity index (χ2n) is 2.96. The second kappa shape index (κ2) is 5.85. The number of methoxy groups -OCH3 is 1. The van der Waals surface area contributed by atoms with Crippen molar-refractivity contribution in [1.82, 2.24) is 0 Å². The molecule has 0 spiro atoms. The summed E-state index contributed by atoms with van der Waals surface area (Å²) in [6.45, 7) is 0. The molecule has 94 valence electrons. The fourth-order valence-electron chi connectivity index (χ4n) is 1.12. The first-order chi connectivity index (χ1) is 7.95. The Bertz CT molecular complexity index is 494. The maximum absolute atomic E-state index is 11.2. The SMILES string of the molecule is COC(=O)c1ccc(N(C)O[SH](=O)=O)cc1Cl. The molecule has 0 radical (unpaired) electrons. The third kappa shape index (κ3) is 3.58. The molecule has 0 saturated carbocycles. The van der Waals surface area contributed by atoms with Gasteiger partial charge in [0.2, 0.25) is 0 Å². The number of nitrogens with zero attached hydrogens (tertiary/aromatic N) is 1. The third-order valence-electron chi connectivity index (χ3n) is 1.91. The maximum Gasteiger partial charge on any atom is 0.339 e. The van der Waals surface area contributed by atoms with Crippen molar-refractivity contribution in [3.05, 3.63) is 28.8 Å². The molecule has 0 aliphatic heterocycles. The summed E-state index contributed by atoms with van der Waals surface area (Å²) in [6.07, 6.45) is 0. The summed E-state index contributed by atoms with van der Waals surface area (Å²) in [5.74, 6) is -0.569. The van der Waals surface area contributed by atoms with Crippen LogP contribution < -0.4 is 5.06 Å². The highest BCUT2D eigenvalue weighted by molar-refractivity contribution is 7.67. The lowest BCUT2D eigenvalue weighted by Crippen LogP contribution is -2.16. The molecule has 1 aromatic rings. The zero-order valence-corrected chi connectivity index (χ0v) is 10.7. The Morgan fingerprint density at radius 3 is 2.53 bits per heavy atom. The Hall–Kier alpha value is -1.31. The number of thiol groups is 1. The minimum absolute atomic E-state index is 0.144. The molecule has 0 aliphatic rings. The van der Waals surface area contributed by atoms with Crippen LogP contribution in [0.3, 0.4) is 0 Å². The number of ether oxygens (including phenoxy) is 1. The second-order valence-corrected chi connectivity index (χ2v) is 3.98. The van der Waals surface area contributed by atoms with E-state index in [2.05, 4.69) is 9.02 Å². The number of benzene rings is 1. The van der Waals surface area contributed by atoms with Gasteiger partial charge in [0.15, 0.2) is 0 Å². The minimum atomic E-state index is -3.01. The minimum Gasteiger partial charge on any atom is -0.465 e. The lowest BCUT2D eigenvalue weighted by molar-refractivity contribution is 0.0601. The average Bonchev–Trinajstić information content (AvgIpc) is 2.27. The molecular weight excluding hydrogens is 270 g/mol. The van der Waals surface area contributed by atoms with Gasteiger partial charge in [-0.2, -0.15) is 4.28 Å². The van der Waals surface area contributed by atoms with E-state index in [1.54, 1.807) is 0 Å². The molecule has 0 fully saturated rings. The Kier molecular flexibility index (Phi) is 4.73.